The fourth-order valence-corrected chi connectivity index (χ4v) is 7.19. The van der Waals surface area contributed by atoms with Crippen LogP contribution in [-0.4, -0.2) is 25.8 Å². The summed E-state index contributed by atoms with van der Waals surface area (Å²) in [6.07, 6.45) is 14.8. The smallest absolute Gasteiger partial charge is 0.0576 e. The Morgan fingerprint density at radius 2 is 1.95 bits per heavy atom. The fourth-order valence-electron chi connectivity index (χ4n) is 7.19. The van der Waals surface area contributed by atoms with Crippen molar-refractivity contribution >= 4 is 0 Å². The lowest BCUT2D eigenvalue weighted by Crippen LogP contribution is -2.58. The van der Waals surface area contributed by atoms with E-state index >= 15 is 0 Å². The van der Waals surface area contributed by atoms with Gasteiger partial charge in [-0.3, -0.25) is 0 Å². The highest BCUT2D eigenvalue weighted by atomic mass is 16.5. The number of hydrogen-bond acceptors (Lipinski definition) is 2. The molecule has 0 spiro atoms. The van der Waals surface area contributed by atoms with E-state index in [0.717, 1.165) is 24.5 Å². The molecule has 1 saturated heterocycles. The van der Waals surface area contributed by atoms with Crippen molar-refractivity contribution in [3.63, 3.8) is 0 Å². The minimum Gasteiger partial charge on any atom is -0.378 e. The molecule has 0 aromatic heterocycles. The van der Waals surface area contributed by atoms with Gasteiger partial charge in [0.05, 0.1) is 6.10 Å². The van der Waals surface area contributed by atoms with Crippen molar-refractivity contribution < 1.29 is 4.74 Å². The molecule has 1 N–H and O–H groups in total. The molecule has 120 valence electrons. The van der Waals surface area contributed by atoms with Crippen molar-refractivity contribution in [2.75, 3.05) is 13.7 Å². The third-order valence-corrected chi connectivity index (χ3v) is 7.29. The van der Waals surface area contributed by atoms with Crippen LogP contribution in [-0.2, 0) is 4.74 Å². The van der Waals surface area contributed by atoms with Gasteiger partial charge in [-0.1, -0.05) is 6.92 Å². The lowest BCUT2D eigenvalue weighted by Gasteiger charge is -2.63. The molecule has 4 atom stereocenters. The molecule has 21 heavy (non-hydrogen) atoms. The molecule has 0 amide bonds. The van der Waals surface area contributed by atoms with E-state index in [1.165, 1.54) is 57.8 Å². The van der Waals surface area contributed by atoms with Crippen LogP contribution in [0.2, 0.25) is 0 Å². The maximum Gasteiger partial charge on any atom is 0.0576 e. The molecule has 5 aliphatic rings. The zero-order chi connectivity index (χ0) is 14.5. The van der Waals surface area contributed by atoms with Crippen molar-refractivity contribution in [2.24, 2.45) is 22.7 Å². The Morgan fingerprint density at radius 3 is 2.52 bits per heavy atom. The van der Waals surface area contributed by atoms with E-state index in [1.807, 2.05) is 0 Å². The van der Waals surface area contributed by atoms with Crippen LogP contribution in [0, 0.1) is 22.7 Å². The van der Waals surface area contributed by atoms with Crippen LogP contribution in [0.1, 0.15) is 71.1 Å². The molecule has 1 aliphatic heterocycles. The summed E-state index contributed by atoms with van der Waals surface area (Å²) in [7, 11) is 2.21. The maximum atomic E-state index is 5.86. The molecular formula is C19H33NO. The first kappa shape index (κ1) is 14.5. The second kappa shape index (κ2) is 5.23. The molecule has 4 unspecified atom stereocenters. The standard InChI is InChI=1S/C19H33NO/c1-18-9-14-8-15(10-18)12-19(11-14,13-18)17(20-2)6-5-16-4-3-7-21-16/h14-17,20H,3-13H2,1-2H3. The van der Waals surface area contributed by atoms with Gasteiger partial charge in [-0.05, 0) is 93.9 Å². The summed E-state index contributed by atoms with van der Waals surface area (Å²) in [6, 6.07) is 0.729. The molecule has 4 bridgehead atoms. The van der Waals surface area contributed by atoms with E-state index in [1.54, 1.807) is 6.42 Å². The summed E-state index contributed by atoms with van der Waals surface area (Å²) >= 11 is 0. The quantitative estimate of drug-likeness (QED) is 0.822. The Morgan fingerprint density at radius 1 is 1.19 bits per heavy atom. The molecule has 0 radical (unpaired) electrons. The van der Waals surface area contributed by atoms with Crippen LogP contribution in [0.5, 0.6) is 0 Å². The van der Waals surface area contributed by atoms with E-state index < -0.39 is 0 Å². The number of hydrogen-bond donors (Lipinski definition) is 1. The van der Waals surface area contributed by atoms with Gasteiger partial charge < -0.3 is 10.1 Å². The van der Waals surface area contributed by atoms with Crippen molar-refractivity contribution in [1.29, 1.82) is 0 Å². The van der Waals surface area contributed by atoms with Gasteiger partial charge in [0.1, 0.15) is 0 Å². The minimum absolute atomic E-state index is 0.561. The van der Waals surface area contributed by atoms with Crippen LogP contribution in [0.25, 0.3) is 0 Å². The van der Waals surface area contributed by atoms with Crippen LogP contribution >= 0.6 is 0 Å². The highest BCUT2D eigenvalue weighted by Crippen LogP contribution is 2.66. The van der Waals surface area contributed by atoms with Crippen molar-refractivity contribution in [3.05, 3.63) is 0 Å². The first-order chi connectivity index (χ1) is 10.1. The topological polar surface area (TPSA) is 21.3 Å². The van der Waals surface area contributed by atoms with E-state index in [9.17, 15) is 0 Å². The Hall–Kier alpha value is -0.0800. The molecule has 0 aromatic carbocycles. The summed E-state index contributed by atoms with van der Waals surface area (Å²) in [5.74, 6) is 2.07. The molecule has 0 aromatic rings. The predicted molar refractivity (Wildman–Crippen MR) is 86.3 cm³/mol. The third kappa shape index (κ3) is 2.57. The van der Waals surface area contributed by atoms with Gasteiger partial charge in [0.2, 0.25) is 0 Å². The molecule has 5 rings (SSSR count). The Bertz CT molecular complexity index is 373. The Balaban J connectivity index is 1.47. The normalized spacial score (nSPS) is 49.7. The molecule has 5 fully saturated rings. The molecule has 4 saturated carbocycles. The van der Waals surface area contributed by atoms with Gasteiger partial charge in [0.15, 0.2) is 0 Å². The van der Waals surface area contributed by atoms with Gasteiger partial charge in [0, 0.05) is 12.6 Å². The molecular weight excluding hydrogens is 258 g/mol. The average Bonchev–Trinajstić information content (AvgIpc) is 2.89. The highest BCUT2D eigenvalue weighted by molar-refractivity contribution is 5.09. The summed E-state index contributed by atoms with van der Waals surface area (Å²) < 4.78 is 5.86. The van der Waals surface area contributed by atoms with Crippen molar-refractivity contribution in [1.82, 2.24) is 5.32 Å². The summed E-state index contributed by atoms with van der Waals surface area (Å²) in [5.41, 5.74) is 1.29. The van der Waals surface area contributed by atoms with Crippen LogP contribution in [0.4, 0.5) is 0 Å². The number of ether oxygens (including phenoxy) is 1. The van der Waals surface area contributed by atoms with Crippen molar-refractivity contribution in [3.8, 4) is 0 Å². The largest absolute Gasteiger partial charge is 0.378 e. The number of nitrogens with one attached hydrogen (secondary N) is 1. The zero-order valence-corrected chi connectivity index (χ0v) is 14.0. The molecule has 2 heteroatoms. The zero-order valence-electron chi connectivity index (χ0n) is 14.0. The van der Waals surface area contributed by atoms with E-state index in [-0.39, 0.29) is 0 Å². The van der Waals surface area contributed by atoms with Gasteiger partial charge >= 0.3 is 0 Å². The Labute approximate surface area is 130 Å². The van der Waals surface area contributed by atoms with Gasteiger partial charge in [-0.25, -0.2) is 0 Å². The first-order valence-corrected chi connectivity index (χ1v) is 9.40. The second-order valence-corrected chi connectivity index (χ2v) is 9.19. The third-order valence-electron chi connectivity index (χ3n) is 7.29. The first-order valence-electron chi connectivity index (χ1n) is 9.40. The van der Waals surface area contributed by atoms with Crippen LogP contribution in [0.15, 0.2) is 0 Å². The van der Waals surface area contributed by atoms with E-state index in [0.29, 0.717) is 16.9 Å². The molecule has 4 aliphatic carbocycles. The van der Waals surface area contributed by atoms with Gasteiger partial charge in [0.25, 0.3) is 0 Å². The Kier molecular flexibility index (Phi) is 3.61. The van der Waals surface area contributed by atoms with Crippen LogP contribution in [0.3, 0.4) is 0 Å². The lowest BCUT2D eigenvalue weighted by atomic mass is 9.43. The predicted octanol–water partition coefficient (Wildman–Crippen LogP) is 4.14. The SMILES string of the molecule is CNC(CCC1CCCO1)C12CC3CC(CC(C)(C3)C1)C2. The lowest BCUT2D eigenvalue weighted by molar-refractivity contribution is -0.119. The average molecular weight is 291 g/mol. The maximum absolute atomic E-state index is 5.86. The number of rotatable bonds is 5. The van der Waals surface area contributed by atoms with E-state index in [4.69, 9.17) is 4.74 Å². The van der Waals surface area contributed by atoms with Crippen LogP contribution < -0.4 is 5.32 Å². The highest BCUT2D eigenvalue weighted by Gasteiger charge is 2.57. The summed E-state index contributed by atoms with van der Waals surface area (Å²) in [4.78, 5) is 0. The molecule has 2 nitrogen and oxygen atoms in total. The monoisotopic (exact) mass is 291 g/mol. The fraction of sp³-hybridized carbons (Fsp3) is 1.00. The van der Waals surface area contributed by atoms with Gasteiger partial charge in [-0.15, -0.1) is 0 Å². The van der Waals surface area contributed by atoms with Gasteiger partial charge in [-0.2, -0.15) is 0 Å². The summed E-state index contributed by atoms with van der Waals surface area (Å²) in [6.45, 7) is 3.59. The van der Waals surface area contributed by atoms with Crippen molar-refractivity contribution in [2.45, 2.75) is 83.3 Å². The summed E-state index contributed by atoms with van der Waals surface area (Å²) in [5, 5.41) is 3.74. The minimum atomic E-state index is 0.561. The molecule has 1 heterocycles. The van der Waals surface area contributed by atoms with E-state index in [2.05, 4.69) is 19.3 Å². The second-order valence-electron chi connectivity index (χ2n) is 9.19.